The Balaban J connectivity index is 1.36. The fraction of sp³-hybridized carbons (Fsp3) is 0.529. The number of carbonyl (C=O) groups excluding carboxylic acids is 2. The maximum atomic E-state index is 14.1. The summed E-state index contributed by atoms with van der Waals surface area (Å²) in [7, 11) is -2.37. The molecule has 0 bridgehead atoms. The van der Waals surface area contributed by atoms with Crippen LogP contribution in [-0.2, 0) is 37.4 Å². The topological polar surface area (TPSA) is 119 Å². The summed E-state index contributed by atoms with van der Waals surface area (Å²) in [6, 6.07) is 11.6. The molecular formula is C34H42N4O7S. The molecule has 3 fully saturated rings. The van der Waals surface area contributed by atoms with E-state index in [2.05, 4.69) is 21.4 Å². The first-order chi connectivity index (χ1) is 22.3. The van der Waals surface area contributed by atoms with Crippen LogP contribution in [0.5, 0.6) is 5.75 Å². The van der Waals surface area contributed by atoms with Crippen molar-refractivity contribution in [1.29, 1.82) is 0 Å². The van der Waals surface area contributed by atoms with Gasteiger partial charge in [0, 0.05) is 54.8 Å². The summed E-state index contributed by atoms with van der Waals surface area (Å²) in [6.45, 7) is 3.60. The first-order valence-corrected chi connectivity index (χ1v) is 17.9. The predicted molar refractivity (Wildman–Crippen MR) is 173 cm³/mol. The van der Waals surface area contributed by atoms with Crippen molar-refractivity contribution in [3.63, 3.8) is 0 Å². The molecule has 1 atom stereocenters. The van der Waals surface area contributed by atoms with Gasteiger partial charge >= 0.3 is 10.2 Å². The summed E-state index contributed by atoms with van der Waals surface area (Å²) in [6.07, 6.45) is 6.25. The average Bonchev–Trinajstić information content (AvgIpc) is 3.31. The number of carbonyl (C=O) groups is 2. The van der Waals surface area contributed by atoms with Crippen LogP contribution in [0.3, 0.4) is 0 Å². The van der Waals surface area contributed by atoms with Crippen molar-refractivity contribution in [1.82, 2.24) is 18.5 Å². The lowest BCUT2D eigenvalue weighted by Gasteiger charge is -2.30. The minimum Gasteiger partial charge on any atom is -0.497 e. The number of rotatable bonds is 6. The number of ether oxygens (including phenoxy) is 3. The third kappa shape index (κ3) is 5.92. The molecule has 1 saturated carbocycles. The van der Waals surface area contributed by atoms with Crippen molar-refractivity contribution in [3.8, 4) is 17.0 Å². The molecule has 12 heteroatoms. The van der Waals surface area contributed by atoms with Crippen molar-refractivity contribution >= 4 is 32.9 Å². The van der Waals surface area contributed by atoms with Crippen LogP contribution < -0.4 is 9.46 Å². The fourth-order valence-electron chi connectivity index (χ4n) is 7.68. The maximum Gasteiger partial charge on any atom is 0.304 e. The lowest BCUT2D eigenvalue weighted by atomic mass is 9.81. The Kier molecular flexibility index (Phi) is 8.79. The molecule has 3 aromatic rings. The van der Waals surface area contributed by atoms with Crippen LogP contribution in [0.25, 0.3) is 22.2 Å². The van der Waals surface area contributed by atoms with Crippen molar-refractivity contribution in [2.45, 2.75) is 51.0 Å². The second-order valence-electron chi connectivity index (χ2n) is 12.7. The van der Waals surface area contributed by atoms with Gasteiger partial charge in [-0.05, 0) is 66.6 Å². The van der Waals surface area contributed by atoms with Gasteiger partial charge < -0.3 is 23.7 Å². The minimum absolute atomic E-state index is 0.0940. The molecule has 2 saturated heterocycles. The first-order valence-electron chi connectivity index (χ1n) is 16.4. The van der Waals surface area contributed by atoms with Crippen LogP contribution in [0.4, 0.5) is 0 Å². The zero-order valence-electron chi connectivity index (χ0n) is 26.3. The van der Waals surface area contributed by atoms with E-state index >= 15 is 0 Å². The minimum atomic E-state index is -4.02. The average molecular weight is 651 g/mol. The summed E-state index contributed by atoms with van der Waals surface area (Å²) in [5.74, 6) is 0.175. The number of aromatic nitrogens is 1. The van der Waals surface area contributed by atoms with Gasteiger partial charge in [0.05, 0.1) is 45.1 Å². The molecule has 0 spiro atoms. The van der Waals surface area contributed by atoms with E-state index in [0.29, 0.717) is 58.4 Å². The van der Waals surface area contributed by atoms with Crippen molar-refractivity contribution in [2.24, 2.45) is 5.92 Å². The Bertz CT molecular complexity index is 1740. The zero-order chi connectivity index (χ0) is 31.8. The lowest BCUT2D eigenvalue weighted by molar-refractivity contribution is -0.140. The smallest absolute Gasteiger partial charge is 0.304 e. The number of hydrogen-bond donors (Lipinski definition) is 1. The third-order valence-electron chi connectivity index (χ3n) is 10.0. The van der Waals surface area contributed by atoms with Crippen molar-refractivity contribution < 1.29 is 32.2 Å². The highest BCUT2D eigenvalue weighted by Gasteiger charge is 2.35. The number of benzene rings is 2. The summed E-state index contributed by atoms with van der Waals surface area (Å²) in [4.78, 5) is 29.5. The van der Waals surface area contributed by atoms with Crippen molar-refractivity contribution in [3.05, 3.63) is 53.1 Å². The SMILES string of the molecule is COc1ccc2c(c1)CC(C(=O)N1CCOCC1)Cn1c-2c(C2CCCCC2)c2ccc(C(=O)NS(=O)(=O)N3CCOCC3)cc21. The number of morpholine rings is 2. The summed E-state index contributed by atoms with van der Waals surface area (Å²) in [5, 5.41) is 1.05. The third-order valence-corrected chi connectivity index (χ3v) is 11.5. The predicted octanol–water partition coefficient (Wildman–Crippen LogP) is 3.70. The van der Waals surface area contributed by atoms with Gasteiger partial charge in [0.25, 0.3) is 5.91 Å². The molecule has 4 heterocycles. The molecule has 0 radical (unpaired) electrons. The van der Waals surface area contributed by atoms with Crippen LogP contribution in [0.1, 0.15) is 59.5 Å². The highest BCUT2D eigenvalue weighted by atomic mass is 32.2. The molecule has 11 nitrogen and oxygen atoms in total. The summed E-state index contributed by atoms with van der Waals surface area (Å²) in [5.41, 5.74) is 5.60. The van der Waals surface area contributed by atoms with Gasteiger partial charge in [-0.1, -0.05) is 25.3 Å². The van der Waals surface area contributed by atoms with Crippen LogP contribution in [0.2, 0.25) is 0 Å². The Hall–Kier alpha value is -3.45. The Morgan fingerprint density at radius 3 is 2.35 bits per heavy atom. The maximum absolute atomic E-state index is 14.1. The van der Waals surface area contributed by atoms with Crippen LogP contribution in [-0.4, -0.2) is 93.7 Å². The van der Waals surface area contributed by atoms with Gasteiger partial charge in [-0.2, -0.15) is 12.7 Å². The standard InChI is InChI=1S/C34H42N4O7S/c1-43-27-8-10-28-25(20-27)19-26(34(40)36-11-15-44-16-12-36)22-38-30-21-24(33(39)35-46(41,42)37-13-17-45-18-14-37)7-9-29(30)31(32(28)38)23-5-3-2-4-6-23/h7-10,20-21,23,26H,2-6,11-19,22H2,1H3,(H,35,39). The molecule has 2 aromatic carbocycles. The second kappa shape index (κ2) is 13.0. The second-order valence-corrected chi connectivity index (χ2v) is 14.4. The van der Waals surface area contributed by atoms with Gasteiger partial charge in [-0.25, -0.2) is 4.72 Å². The molecule has 46 heavy (non-hydrogen) atoms. The Labute approximate surface area is 269 Å². The zero-order valence-corrected chi connectivity index (χ0v) is 27.1. The molecule has 1 aliphatic carbocycles. The van der Waals surface area contributed by atoms with Gasteiger partial charge in [-0.15, -0.1) is 0 Å². The molecule has 1 aromatic heterocycles. The molecule has 1 unspecified atom stereocenters. The molecular weight excluding hydrogens is 608 g/mol. The van der Waals surface area contributed by atoms with Gasteiger partial charge in [0.2, 0.25) is 5.91 Å². The van der Waals surface area contributed by atoms with E-state index in [0.717, 1.165) is 59.2 Å². The van der Waals surface area contributed by atoms with E-state index in [4.69, 9.17) is 14.2 Å². The largest absolute Gasteiger partial charge is 0.497 e. The molecule has 4 aliphatic rings. The van der Waals surface area contributed by atoms with E-state index in [9.17, 15) is 18.0 Å². The number of amides is 2. The fourth-order valence-corrected chi connectivity index (χ4v) is 8.80. The molecule has 1 N–H and O–H groups in total. The number of hydrogen-bond acceptors (Lipinski definition) is 7. The van der Waals surface area contributed by atoms with Crippen LogP contribution >= 0.6 is 0 Å². The molecule has 7 rings (SSSR count). The summed E-state index contributed by atoms with van der Waals surface area (Å²) >= 11 is 0. The number of nitrogens with zero attached hydrogens (tertiary/aromatic N) is 3. The normalized spacial score (nSPS) is 21.3. The van der Waals surface area contributed by atoms with Gasteiger partial charge in [-0.3, -0.25) is 9.59 Å². The van der Waals surface area contributed by atoms with Gasteiger partial charge in [0.1, 0.15) is 5.75 Å². The highest BCUT2D eigenvalue weighted by Crippen LogP contribution is 2.47. The lowest BCUT2D eigenvalue weighted by Crippen LogP contribution is -2.48. The van der Waals surface area contributed by atoms with Gasteiger partial charge in [0.15, 0.2) is 0 Å². The van der Waals surface area contributed by atoms with Crippen LogP contribution in [0.15, 0.2) is 36.4 Å². The van der Waals surface area contributed by atoms with E-state index < -0.39 is 16.1 Å². The highest BCUT2D eigenvalue weighted by molar-refractivity contribution is 7.87. The number of nitrogens with one attached hydrogen (secondary N) is 1. The molecule has 3 aliphatic heterocycles. The number of fused-ring (bicyclic) bond motifs is 5. The van der Waals surface area contributed by atoms with E-state index in [1.54, 1.807) is 19.2 Å². The molecule has 246 valence electrons. The quantitative estimate of drug-likeness (QED) is 0.432. The monoisotopic (exact) mass is 650 g/mol. The molecule has 2 amide bonds. The van der Waals surface area contributed by atoms with E-state index in [-0.39, 0.29) is 30.5 Å². The Morgan fingerprint density at radius 1 is 0.913 bits per heavy atom. The van der Waals surface area contributed by atoms with E-state index in [1.165, 1.54) is 16.3 Å². The summed E-state index contributed by atoms with van der Waals surface area (Å²) < 4.78 is 48.3. The van der Waals surface area contributed by atoms with Crippen molar-refractivity contribution in [2.75, 3.05) is 59.7 Å². The van der Waals surface area contributed by atoms with E-state index in [1.807, 2.05) is 17.0 Å². The van der Waals surface area contributed by atoms with Crippen LogP contribution in [0, 0.1) is 5.92 Å². The first kappa shape index (κ1) is 31.2. The Morgan fingerprint density at radius 2 is 1.63 bits per heavy atom. The number of methoxy groups -OCH3 is 1.